The summed E-state index contributed by atoms with van der Waals surface area (Å²) in [5, 5.41) is 0. The molecule has 19 heavy (non-hydrogen) atoms. The van der Waals surface area contributed by atoms with E-state index in [0.29, 0.717) is 22.7 Å². The molecule has 0 aliphatic rings. The third-order valence-corrected chi connectivity index (χ3v) is 6.40. The third kappa shape index (κ3) is 12.1. The molecule has 0 saturated heterocycles. The minimum Gasteiger partial charge on any atom is -0.365 e. The third-order valence-electron chi connectivity index (χ3n) is 3.12. The highest BCUT2D eigenvalue weighted by molar-refractivity contribution is 8.11. The minimum absolute atomic E-state index is 0.325. The molecule has 2 atom stereocenters. The molecule has 0 bridgehead atoms. The molecule has 0 amide bonds. The average Bonchev–Trinajstić information content (AvgIpc) is 1.89. The van der Waals surface area contributed by atoms with Gasteiger partial charge in [0.2, 0.25) is 0 Å². The maximum absolute atomic E-state index is 10.6. The summed E-state index contributed by atoms with van der Waals surface area (Å²) in [6.45, 7) is 18.0. The van der Waals surface area contributed by atoms with Gasteiger partial charge >= 0.3 is 0 Å². The highest BCUT2D eigenvalue weighted by Gasteiger charge is 2.25. The van der Waals surface area contributed by atoms with Gasteiger partial charge in [0.05, 0.1) is 6.26 Å². The van der Waals surface area contributed by atoms with Crippen LogP contribution in [0.15, 0.2) is 0 Å². The van der Waals surface area contributed by atoms with Crippen LogP contribution in [0.4, 0.5) is 0 Å². The fraction of sp³-hybridized carbons (Fsp3) is 1.00. The van der Waals surface area contributed by atoms with Crippen molar-refractivity contribution in [2.75, 3.05) is 12.3 Å². The summed E-state index contributed by atoms with van der Waals surface area (Å²) in [7, 11) is 0. The molecule has 0 heterocycles. The Balaban J connectivity index is 4.36. The average molecular weight is 306 g/mol. The van der Waals surface area contributed by atoms with Crippen LogP contribution in [0.3, 0.4) is 0 Å². The van der Waals surface area contributed by atoms with Gasteiger partial charge in [0.1, 0.15) is 0 Å². The lowest BCUT2D eigenvalue weighted by atomic mass is 9.86. The fourth-order valence-electron chi connectivity index (χ4n) is 3.27. The molecule has 1 nitrogen and oxygen atoms in total. The van der Waals surface area contributed by atoms with Gasteiger partial charge in [0.15, 0.2) is 0 Å². The number of hydrogen-bond donors (Lipinski definition) is 1. The van der Waals surface area contributed by atoms with Crippen molar-refractivity contribution >= 4 is 18.1 Å². The zero-order valence-corrected chi connectivity index (χ0v) is 16.0. The van der Waals surface area contributed by atoms with E-state index in [0.717, 1.165) is 25.2 Å². The van der Waals surface area contributed by atoms with Crippen molar-refractivity contribution in [3.8, 4) is 0 Å². The van der Waals surface area contributed by atoms with Crippen LogP contribution in [0.1, 0.15) is 68.2 Å². The van der Waals surface area contributed by atoms with Gasteiger partial charge in [-0.3, -0.25) is 0 Å². The Morgan fingerprint density at radius 3 is 1.32 bits per heavy atom. The Morgan fingerprint density at radius 1 is 0.842 bits per heavy atom. The van der Waals surface area contributed by atoms with Crippen LogP contribution >= 0.6 is 6.26 Å². The van der Waals surface area contributed by atoms with Gasteiger partial charge in [-0.15, -0.1) is 0 Å². The van der Waals surface area contributed by atoms with Crippen molar-refractivity contribution in [2.24, 2.45) is 22.7 Å². The van der Waals surface area contributed by atoms with Crippen LogP contribution in [-0.2, 0) is 11.8 Å². The van der Waals surface area contributed by atoms with E-state index in [-0.39, 0.29) is 0 Å². The second kappa shape index (κ2) is 7.05. The van der Waals surface area contributed by atoms with E-state index in [4.69, 9.17) is 11.8 Å². The summed E-state index contributed by atoms with van der Waals surface area (Å²) in [4.78, 5) is 10.6. The highest BCUT2D eigenvalue weighted by Crippen LogP contribution is 2.47. The van der Waals surface area contributed by atoms with Crippen molar-refractivity contribution in [3.05, 3.63) is 0 Å². The molecule has 0 saturated carbocycles. The Bertz CT molecular complexity index is 284. The quantitative estimate of drug-likeness (QED) is 0.652. The lowest BCUT2D eigenvalue weighted by Crippen LogP contribution is -2.18. The van der Waals surface area contributed by atoms with Crippen molar-refractivity contribution in [1.82, 2.24) is 0 Å². The lowest BCUT2D eigenvalue weighted by Gasteiger charge is -2.29. The van der Waals surface area contributed by atoms with Crippen molar-refractivity contribution < 1.29 is 4.89 Å². The predicted molar refractivity (Wildman–Crippen MR) is 92.7 cm³/mol. The van der Waals surface area contributed by atoms with E-state index in [1.54, 1.807) is 0 Å². The topological polar surface area (TPSA) is 20.2 Å². The summed E-state index contributed by atoms with van der Waals surface area (Å²) in [5.41, 5.74) is 0.650. The first-order chi connectivity index (χ1) is 8.20. The van der Waals surface area contributed by atoms with E-state index in [1.807, 2.05) is 0 Å². The lowest BCUT2D eigenvalue weighted by molar-refractivity contribution is 0.315. The van der Waals surface area contributed by atoms with E-state index in [9.17, 15) is 4.89 Å². The van der Waals surface area contributed by atoms with Gasteiger partial charge < -0.3 is 4.89 Å². The van der Waals surface area contributed by atoms with Crippen LogP contribution in [0, 0.1) is 22.7 Å². The molecule has 0 rings (SSSR count). The van der Waals surface area contributed by atoms with Gasteiger partial charge in [-0.2, -0.15) is 0 Å². The normalized spacial score (nSPS) is 19.8. The van der Waals surface area contributed by atoms with Gasteiger partial charge in [-0.1, -0.05) is 67.2 Å². The molecule has 0 aromatic heterocycles. The van der Waals surface area contributed by atoms with Crippen LogP contribution < -0.4 is 0 Å². The maximum Gasteiger partial charge on any atom is 0.0642 e. The van der Waals surface area contributed by atoms with Crippen molar-refractivity contribution in [2.45, 2.75) is 68.2 Å². The molecule has 0 aliphatic heterocycles. The first kappa shape index (κ1) is 19.6. The fourth-order valence-corrected chi connectivity index (χ4v) is 7.15. The zero-order chi connectivity index (χ0) is 15.5. The van der Waals surface area contributed by atoms with Gasteiger partial charge in [-0.25, -0.2) is 0 Å². The second-order valence-corrected chi connectivity index (χ2v) is 13.4. The number of hydrogen-bond acceptors (Lipinski definition) is 1. The molecule has 0 aromatic rings. The van der Waals surface area contributed by atoms with E-state index >= 15 is 0 Å². The van der Waals surface area contributed by atoms with Crippen LogP contribution in [0.2, 0.25) is 0 Å². The van der Waals surface area contributed by atoms with Gasteiger partial charge in [0.25, 0.3) is 0 Å². The Labute approximate surface area is 126 Å². The zero-order valence-electron chi connectivity index (χ0n) is 14.3. The van der Waals surface area contributed by atoms with Gasteiger partial charge in [0, 0.05) is 12.3 Å². The SMILES string of the molecule is CC(CC(C)(C)C)CP(O)(=S)CC(C)CC(C)(C)C. The second-order valence-electron chi connectivity index (χ2n) is 8.95. The van der Waals surface area contributed by atoms with Crippen molar-refractivity contribution in [3.63, 3.8) is 0 Å². The molecule has 0 spiro atoms. The molecule has 116 valence electrons. The smallest absolute Gasteiger partial charge is 0.0642 e. The summed E-state index contributed by atoms with van der Waals surface area (Å²) in [5.74, 6) is 1.05. The first-order valence-corrected chi connectivity index (χ1v) is 10.6. The molecule has 2 unspecified atom stereocenters. The maximum atomic E-state index is 10.6. The molecule has 1 N–H and O–H groups in total. The van der Waals surface area contributed by atoms with Gasteiger partial charge in [-0.05, 0) is 35.5 Å². The Kier molecular flexibility index (Phi) is 7.28. The molecule has 3 heteroatoms. The van der Waals surface area contributed by atoms with E-state index < -0.39 is 6.26 Å². The summed E-state index contributed by atoms with van der Waals surface area (Å²) in [6.07, 6.45) is 1.82. The van der Waals surface area contributed by atoms with E-state index in [2.05, 4.69) is 55.4 Å². The van der Waals surface area contributed by atoms with Crippen LogP contribution in [-0.4, -0.2) is 17.2 Å². The summed E-state index contributed by atoms with van der Waals surface area (Å²) in [6, 6.07) is 0. The Hall–Kier alpha value is 0.610. The summed E-state index contributed by atoms with van der Waals surface area (Å²) < 4.78 is 0. The molecule has 0 aromatic carbocycles. The molecular weight excluding hydrogens is 271 g/mol. The highest BCUT2D eigenvalue weighted by atomic mass is 32.4. The van der Waals surface area contributed by atoms with Crippen molar-refractivity contribution in [1.29, 1.82) is 0 Å². The Morgan fingerprint density at radius 2 is 1.11 bits per heavy atom. The molecule has 0 fully saturated rings. The molecule has 0 aliphatic carbocycles. The van der Waals surface area contributed by atoms with E-state index in [1.165, 1.54) is 0 Å². The first-order valence-electron chi connectivity index (χ1n) is 7.51. The molecular formula is C16H35OPS. The number of rotatable bonds is 6. The predicted octanol–water partition coefficient (Wildman–Crippen LogP) is 5.52. The monoisotopic (exact) mass is 306 g/mol. The van der Waals surface area contributed by atoms with Crippen LogP contribution in [0.25, 0.3) is 0 Å². The largest absolute Gasteiger partial charge is 0.365 e. The standard InChI is InChI=1S/C16H35OPS/c1-13(9-15(3,4)5)11-18(17,19)12-14(2)10-16(6,7)8/h13-14H,9-12H2,1-8H3,(H,17,19). The summed E-state index contributed by atoms with van der Waals surface area (Å²) >= 11 is 5.54. The minimum atomic E-state index is -2.14. The van der Waals surface area contributed by atoms with Crippen LogP contribution in [0.5, 0.6) is 0 Å². The molecule has 0 radical (unpaired) electrons.